The normalized spacial score (nSPS) is 28.5. The van der Waals surface area contributed by atoms with Crippen molar-refractivity contribution in [3.05, 3.63) is 21.3 Å². The first-order chi connectivity index (χ1) is 8.20. The van der Waals surface area contributed by atoms with Crippen molar-refractivity contribution in [3.63, 3.8) is 0 Å². The first-order valence-electron chi connectivity index (χ1n) is 5.87. The Morgan fingerprint density at radius 2 is 2.12 bits per heavy atom. The third-order valence-electron chi connectivity index (χ3n) is 3.33. The number of thiophene rings is 1. The van der Waals surface area contributed by atoms with Gasteiger partial charge in [0.2, 0.25) is 0 Å². The molecule has 17 heavy (non-hydrogen) atoms. The standard InChI is InChI=1S/C12H14ClNO2S/c13-12-4-3-11(17-12)10(15)7-14-5-8-1-2-9(6-14)16-8/h3-4,8-9H,1-2,5-7H2. The number of carbonyl (C=O) groups is 1. The van der Waals surface area contributed by atoms with Gasteiger partial charge in [0.15, 0.2) is 5.78 Å². The second-order valence-corrected chi connectivity index (χ2v) is 6.39. The lowest BCUT2D eigenvalue weighted by atomic mass is 10.2. The molecule has 0 radical (unpaired) electrons. The molecule has 5 heteroatoms. The minimum Gasteiger partial charge on any atom is -0.372 e. The van der Waals surface area contributed by atoms with Crippen molar-refractivity contribution in [2.24, 2.45) is 0 Å². The van der Waals surface area contributed by atoms with Gasteiger partial charge in [0, 0.05) is 13.1 Å². The number of ether oxygens (including phenoxy) is 1. The number of halogens is 1. The van der Waals surface area contributed by atoms with Crippen LogP contribution in [0.2, 0.25) is 4.34 Å². The molecule has 0 aliphatic carbocycles. The van der Waals surface area contributed by atoms with Crippen LogP contribution in [0.15, 0.2) is 12.1 Å². The zero-order valence-corrected chi connectivity index (χ0v) is 11.0. The molecule has 1 aromatic rings. The summed E-state index contributed by atoms with van der Waals surface area (Å²) in [4.78, 5) is 15.0. The lowest BCUT2D eigenvalue weighted by molar-refractivity contribution is -0.0355. The van der Waals surface area contributed by atoms with Crippen LogP contribution in [0.25, 0.3) is 0 Å². The average molecular weight is 272 g/mol. The number of likely N-dealkylation sites (tertiary alicyclic amines) is 1. The third-order valence-corrected chi connectivity index (χ3v) is 4.61. The summed E-state index contributed by atoms with van der Waals surface area (Å²) in [5.41, 5.74) is 0. The Balaban J connectivity index is 1.62. The Kier molecular flexibility index (Phi) is 3.21. The second kappa shape index (κ2) is 4.69. The maximum absolute atomic E-state index is 12.0. The monoisotopic (exact) mass is 271 g/mol. The fraction of sp³-hybridized carbons (Fsp3) is 0.583. The molecule has 2 fully saturated rings. The first kappa shape index (κ1) is 11.7. The van der Waals surface area contributed by atoms with Crippen LogP contribution in [0.1, 0.15) is 22.5 Å². The number of Topliss-reactive ketones (excluding diaryl/α,β-unsaturated/α-hetero) is 1. The predicted molar refractivity (Wildman–Crippen MR) is 68.0 cm³/mol. The van der Waals surface area contributed by atoms with Crippen molar-refractivity contribution in [2.75, 3.05) is 19.6 Å². The molecule has 1 aromatic heterocycles. The molecule has 3 heterocycles. The summed E-state index contributed by atoms with van der Waals surface area (Å²) in [6, 6.07) is 3.59. The molecule has 2 aliphatic heterocycles. The lowest BCUT2D eigenvalue weighted by Gasteiger charge is -2.31. The molecule has 2 unspecified atom stereocenters. The van der Waals surface area contributed by atoms with E-state index in [9.17, 15) is 4.79 Å². The molecule has 3 nitrogen and oxygen atoms in total. The first-order valence-corrected chi connectivity index (χ1v) is 7.06. The van der Waals surface area contributed by atoms with Crippen LogP contribution >= 0.6 is 22.9 Å². The summed E-state index contributed by atoms with van der Waals surface area (Å²) in [5.74, 6) is 0.170. The Morgan fingerprint density at radius 3 is 2.71 bits per heavy atom. The van der Waals surface area contributed by atoms with Gasteiger partial charge in [-0.05, 0) is 25.0 Å². The Labute approximate surface area is 109 Å². The molecule has 2 bridgehead atoms. The molecular weight excluding hydrogens is 258 g/mol. The van der Waals surface area contributed by atoms with Crippen LogP contribution < -0.4 is 0 Å². The van der Waals surface area contributed by atoms with Gasteiger partial charge < -0.3 is 4.74 Å². The number of fused-ring (bicyclic) bond motifs is 2. The van der Waals surface area contributed by atoms with Gasteiger partial charge in [-0.2, -0.15) is 0 Å². The van der Waals surface area contributed by atoms with Gasteiger partial charge in [0.1, 0.15) is 0 Å². The van der Waals surface area contributed by atoms with Crippen molar-refractivity contribution in [2.45, 2.75) is 25.0 Å². The zero-order chi connectivity index (χ0) is 11.8. The highest BCUT2D eigenvalue weighted by molar-refractivity contribution is 7.18. The van der Waals surface area contributed by atoms with E-state index in [4.69, 9.17) is 16.3 Å². The van der Waals surface area contributed by atoms with E-state index in [0.717, 1.165) is 30.8 Å². The maximum atomic E-state index is 12.0. The van der Waals surface area contributed by atoms with E-state index in [1.165, 1.54) is 11.3 Å². The fourth-order valence-electron chi connectivity index (χ4n) is 2.57. The molecule has 2 aliphatic rings. The topological polar surface area (TPSA) is 29.5 Å². The summed E-state index contributed by atoms with van der Waals surface area (Å²) in [5, 5.41) is 0. The zero-order valence-electron chi connectivity index (χ0n) is 9.39. The Morgan fingerprint density at radius 1 is 1.41 bits per heavy atom. The number of morpholine rings is 1. The second-order valence-electron chi connectivity index (χ2n) is 4.68. The van der Waals surface area contributed by atoms with Gasteiger partial charge in [-0.1, -0.05) is 11.6 Å². The van der Waals surface area contributed by atoms with Gasteiger partial charge in [0.05, 0.1) is 28.0 Å². The van der Waals surface area contributed by atoms with Crippen LogP contribution in [-0.2, 0) is 4.74 Å². The van der Waals surface area contributed by atoms with E-state index < -0.39 is 0 Å². The number of hydrogen-bond donors (Lipinski definition) is 0. The van der Waals surface area contributed by atoms with E-state index in [1.807, 2.05) is 6.07 Å². The molecule has 0 amide bonds. The van der Waals surface area contributed by atoms with Crippen LogP contribution in [0.5, 0.6) is 0 Å². The summed E-state index contributed by atoms with van der Waals surface area (Å²) >= 11 is 7.20. The van der Waals surface area contributed by atoms with Crippen molar-refractivity contribution in [1.29, 1.82) is 0 Å². The van der Waals surface area contributed by atoms with Crippen molar-refractivity contribution >= 4 is 28.7 Å². The number of nitrogens with zero attached hydrogens (tertiary/aromatic N) is 1. The van der Waals surface area contributed by atoms with Crippen LogP contribution in [0, 0.1) is 0 Å². The van der Waals surface area contributed by atoms with E-state index in [1.54, 1.807) is 6.07 Å². The Hall–Kier alpha value is -0.420. The number of carbonyl (C=O) groups excluding carboxylic acids is 1. The molecule has 0 spiro atoms. The van der Waals surface area contributed by atoms with E-state index >= 15 is 0 Å². The van der Waals surface area contributed by atoms with Crippen molar-refractivity contribution in [3.8, 4) is 0 Å². The lowest BCUT2D eigenvalue weighted by Crippen LogP contribution is -2.44. The van der Waals surface area contributed by atoms with Gasteiger partial charge >= 0.3 is 0 Å². The number of hydrogen-bond acceptors (Lipinski definition) is 4. The van der Waals surface area contributed by atoms with Gasteiger partial charge in [-0.25, -0.2) is 0 Å². The van der Waals surface area contributed by atoms with Crippen LogP contribution in [0.3, 0.4) is 0 Å². The van der Waals surface area contributed by atoms with E-state index in [-0.39, 0.29) is 5.78 Å². The molecule has 3 rings (SSSR count). The molecule has 0 aromatic carbocycles. The molecule has 92 valence electrons. The molecular formula is C12H14ClNO2S. The molecule has 2 saturated heterocycles. The predicted octanol–water partition coefficient (Wildman–Crippen LogP) is 2.45. The summed E-state index contributed by atoms with van der Waals surface area (Å²) in [6.07, 6.45) is 2.96. The summed E-state index contributed by atoms with van der Waals surface area (Å²) in [7, 11) is 0. The minimum atomic E-state index is 0.170. The molecule has 0 saturated carbocycles. The van der Waals surface area contributed by atoms with Crippen LogP contribution in [-0.4, -0.2) is 42.5 Å². The van der Waals surface area contributed by atoms with Crippen molar-refractivity contribution < 1.29 is 9.53 Å². The smallest absolute Gasteiger partial charge is 0.186 e. The summed E-state index contributed by atoms with van der Waals surface area (Å²) < 4.78 is 6.42. The van der Waals surface area contributed by atoms with E-state index in [0.29, 0.717) is 23.1 Å². The average Bonchev–Trinajstić information content (AvgIpc) is 2.85. The molecule has 0 N–H and O–H groups in total. The fourth-order valence-corrected chi connectivity index (χ4v) is 3.55. The number of ketones is 1. The SMILES string of the molecule is O=C(CN1CC2CCC(C1)O2)c1ccc(Cl)s1. The molecule has 2 atom stereocenters. The van der Waals surface area contributed by atoms with Crippen LogP contribution in [0.4, 0.5) is 0 Å². The third kappa shape index (κ3) is 2.55. The van der Waals surface area contributed by atoms with Gasteiger partial charge in [-0.15, -0.1) is 11.3 Å². The minimum absolute atomic E-state index is 0.170. The summed E-state index contributed by atoms with van der Waals surface area (Å²) in [6.45, 7) is 2.27. The van der Waals surface area contributed by atoms with E-state index in [2.05, 4.69) is 4.90 Å². The maximum Gasteiger partial charge on any atom is 0.186 e. The highest BCUT2D eigenvalue weighted by Crippen LogP contribution is 2.27. The van der Waals surface area contributed by atoms with Gasteiger partial charge in [0.25, 0.3) is 0 Å². The largest absolute Gasteiger partial charge is 0.372 e. The number of rotatable bonds is 3. The van der Waals surface area contributed by atoms with Crippen molar-refractivity contribution in [1.82, 2.24) is 4.90 Å². The quantitative estimate of drug-likeness (QED) is 0.791. The highest BCUT2D eigenvalue weighted by Gasteiger charge is 2.34. The Bertz CT molecular complexity index is 422. The highest BCUT2D eigenvalue weighted by atomic mass is 35.5. The van der Waals surface area contributed by atoms with Gasteiger partial charge in [-0.3, -0.25) is 9.69 Å².